The molecule has 1 aliphatic rings. The predicted molar refractivity (Wildman–Crippen MR) is 112 cm³/mol. The van der Waals surface area contributed by atoms with Gasteiger partial charge in [-0.2, -0.15) is 5.26 Å². The van der Waals surface area contributed by atoms with Crippen molar-refractivity contribution in [3.05, 3.63) is 65.5 Å². The maximum atomic E-state index is 13.7. The van der Waals surface area contributed by atoms with Gasteiger partial charge in [-0.3, -0.25) is 9.69 Å². The summed E-state index contributed by atoms with van der Waals surface area (Å²) in [4.78, 5) is 15.8. The molecule has 0 spiro atoms. The van der Waals surface area contributed by atoms with Crippen LogP contribution >= 0.6 is 0 Å². The van der Waals surface area contributed by atoms with Crippen molar-refractivity contribution in [2.75, 3.05) is 18.0 Å². The SMILES string of the molecule is CC(CC(N)=O)N1CCC(N(Cc2cccc(F)c2)c2ccc(C#N)cc2)CC1. The van der Waals surface area contributed by atoms with E-state index in [9.17, 15) is 9.18 Å². The first-order valence-corrected chi connectivity index (χ1v) is 10.00. The molecule has 1 heterocycles. The Kier molecular flexibility index (Phi) is 6.84. The first-order chi connectivity index (χ1) is 14.0. The van der Waals surface area contributed by atoms with Crippen molar-refractivity contribution in [1.82, 2.24) is 4.90 Å². The normalized spacial score (nSPS) is 16.2. The number of amides is 1. The molecular formula is C23H27FN4O. The monoisotopic (exact) mass is 394 g/mol. The van der Waals surface area contributed by atoms with E-state index in [1.165, 1.54) is 6.07 Å². The third kappa shape index (κ3) is 5.55. The number of carbonyl (C=O) groups excluding carboxylic acids is 1. The van der Waals surface area contributed by atoms with Crippen LogP contribution in [-0.4, -0.2) is 36.0 Å². The average molecular weight is 394 g/mol. The Morgan fingerprint density at radius 2 is 1.97 bits per heavy atom. The van der Waals surface area contributed by atoms with Crippen molar-refractivity contribution in [1.29, 1.82) is 5.26 Å². The molecule has 2 N–H and O–H groups in total. The maximum absolute atomic E-state index is 13.7. The summed E-state index contributed by atoms with van der Waals surface area (Å²) in [6.45, 7) is 4.41. The summed E-state index contributed by atoms with van der Waals surface area (Å²) in [6, 6.07) is 16.8. The Labute approximate surface area is 171 Å². The van der Waals surface area contributed by atoms with E-state index in [1.54, 1.807) is 12.1 Å². The van der Waals surface area contributed by atoms with E-state index in [4.69, 9.17) is 11.0 Å². The number of hydrogen-bond acceptors (Lipinski definition) is 4. The van der Waals surface area contributed by atoms with Crippen molar-refractivity contribution in [2.24, 2.45) is 5.73 Å². The number of anilines is 1. The van der Waals surface area contributed by atoms with Gasteiger partial charge in [0.2, 0.25) is 5.91 Å². The third-order valence-corrected chi connectivity index (χ3v) is 5.63. The standard InChI is InChI=1S/C23H27FN4O/c1-17(13-23(26)29)27-11-9-22(10-12-27)28(16-19-3-2-4-20(24)14-19)21-7-5-18(15-25)6-8-21/h2-8,14,17,22H,9-13,16H2,1H3,(H2,26,29). The number of carbonyl (C=O) groups is 1. The van der Waals surface area contributed by atoms with Gasteiger partial charge in [-0.25, -0.2) is 4.39 Å². The lowest BCUT2D eigenvalue weighted by atomic mass is 9.99. The molecule has 3 rings (SSSR count). The second kappa shape index (κ2) is 9.53. The van der Waals surface area contributed by atoms with E-state index in [0.29, 0.717) is 24.6 Å². The summed E-state index contributed by atoms with van der Waals surface area (Å²) in [5.74, 6) is -0.512. The lowest BCUT2D eigenvalue weighted by Gasteiger charge is -2.41. The van der Waals surface area contributed by atoms with Crippen molar-refractivity contribution < 1.29 is 9.18 Å². The molecule has 0 aromatic heterocycles. The van der Waals surface area contributed by atoms with Crippen LogP contribution in [0.4, 0.5) is 10.1 Å². The zero-order chi connectivity index (χ0) is 20.8. The molecule has 1 unspecified atom stereocenters. The summed E-state index contributed by atoms with van der Waals surface area (Å²) in [5.41, 5.74) is 7.91. The second-order valence-electron chi connectivity index (χ2n) is 7.70. The molecule has 2 aromatic carbocycles. The fraction of sp³-hybridized carbons (Fsp3) is 0.391. The van der Waals surface area contributed by atoms with Crippen LogP contribution in [0.15, 0.2) is 48.5 Å². The molecule has 29 heavy (non-hydrogen) atoms. The molecule has 0 bridgehead atoms. The van der Waals surface area contributed by atoms with Crippen molar-refractivity contribution in [2.45, 2.75) is 44.8 Å². The highest BCUT2D eigenvalue weighted by molar-refractivity contribution is 5.74. The number of halogens is 1. The Morgan fingerprint density at radius 1 is 1.28 bits per heavy atom. The lowest BCUT2D eigenvalue weighted by Crippen LogP contribution is -2.48. The molecule has 0 saturated carbocycles. The van der Waals surface area contributed by atoms with Crippen LogP contribution in [0.1, 0.15) is 37.3 Å². The van der Waals surface area contributed by atoms with Crippen LogP contribution < -0.4 is 10.6 Å². The van der Waals surface area contributed by atoms with Gasteiger partial charge in [0.05, 0.1) is 11.6 Å². The molecule has 2 aromatic rings. The first-order valence-electron chi connectivity index (χ1n) is 10.00. The van der Waals surface area contributed by atoms with Gasteiger partial charge in [0.1, 0.15) is 5.82 Å². The van der Waals surface area contributed by atoms with E-state index < -0.39 is 0 Å². The second-order valence-corrected chi connectivity index (χ2v) is 7.70. The van der Waals surface area contributed by atoms with E-state index in [2.05, 4.69) is 15.9 Å². The number of nitrogens with zero attached hydrogens (tertiary/aromatic N) is 3. The molecule has 5 nitrogen and oxygen atoms in total. The number of primary amides is 1. The molecule has 6 heteroatoms. The van der Waals surface area contributed by atoms with Crippen LogP contribution in [0.25, 0.3) is 0 Å². The van der Waals surface area contributed by atoms with Crippen molar-refractivity contribution in [3.63, 3.8) is 0 Å². The quantitative estimate of drug-likeness (QED) is 0.781. The number of hydrogen-bond donors (Lipinski definition) is 1. The van der Waals surface area contributed by atoms with Gasteiger partial charge in [-0.15, -0.1) is 0 Å². The minimum absolute atomic E-state index is 0.139. The van der Waals surface area contributed by atoms with E-state index >= 15 is 0 Å². The molecule has 1 fully saturated rings. The van der Waals surface area contributed by atoms with Crippen LogP contribution in [0.5, 0.6) is 0 Å². The number of likely N-dealkylation sites (tertiary alicyclic amines) is 1. The van der Waals surface area contributed by atoms with Crippen LogP contribution in [0.2, 0.25) is 0 Å². The summed E-state index contributed by atoms with van der Waals surface area (Å²) in [6.07, 6.45) is 2.25. The number of rotatable bonds is 7. The topological polar surface area (TPSA) is 73.4 Å². The van der Waals surface area contributed by atoms with Crippen LogP contribution in [-0.2, 0) is 11.3 Å². The Morgan fingerprint density at radius 3 is 2.55 bits per heavy atom. The van der Waals surface area contributed by atoms with Crippen molar-refractivity contribution >= 4 is 11.6 Å². The minimum Gasteiger partial charge on any atom is -0.370 e. The molecular weight excluding hydrogens is 367 g/mol. The zero-order valence-electron chi connectivity index (χ0n) is 16.7. The van der Waals surface area contributed by atoms with Crippen LogP contribution in [0, 0.1) is 17.1 Å². The van der Waals surface area contributed by atoms with Gasteiger partial charge >= 0.3 is 0 Å². The van der Waals surface area contributed by atoms with Gasteiger partial charge in [0.15, 0.2) is 0 Å². The van der Waals surface area contributed by atoms with Gasteiger partial charge in [0, 0.05) is 43.8 Å². The van der Waals surface area contributed by atoms with Gasteiger partial charge in [-0.1, -0.05) is 12.1 Å². The molecule has 0 radical (unpaired) electrons. The number of benzene rings is 2. The summed E-state index contributed by atoms with van der Waals surface area (Å²) in [7, 11) is 0. The van der Waals surface area contributed by atoms with Gasteiger partial charge < -0.3 is 10.6 Å². The van der Waals surface area contributed by atoms with Crippen LogP contribution in [0.3, 0.4) is 0 Å². The van der Waals surface area contributed by atoms with E-state index in [0.717, 1.165) is 37.2 Å². The first kappa shape index (κ1) is 20.8. The molecule has 1 aliphatic heterocycles. The smallest absolute Gasteiger partial charge is 0.218 e. The highest BCUT2D eigenvalue weighted by atomic mass is 19.1. The molecule has 152 valence electrons. The molecule has 1 amide bonds. The third-order valence-electron chi connectivity index (χ3n) is 5.63. The highest BCUT2D eigenvalue weighted by Gasteiger charge is 2.27. The molecule has 1 saturated heterocycles. The minimum atomic E-state index is -0.273. The zero-order valence-corrected chi connectivity index (χ0v) is 16.7. The van der Waals surface area contributed by atoms with Crippen molar-refractivity contribution in [3.8, 4) is 6.07 Å². The van der Waals surface area contributed by atoms with E-state index in [1.807, 2.05) is 37.3 Å². The number of nitriles is 1. The van der Waals surface area contributed by atoms with Gasteiger partial charge in [0.25, 0.3) is 0 Å². The number of nitrogens with two attached hydrogens (primary N) is 1. The Hall–Kier alpha value is -2.91. The molecule has 0 aliphatic carbocycles. The number of piperidine rings is 1. The fourth-order valence-electron chi connectivity index (χ4n) is 4.05. The molecule has 1 atom stereocenters. The maximum Gasteiger partial charge on any atom is 0.218 e. The summed E-state index contributed by atoms with van der Waals surface area (Å²) >= 11 is 0. The largest absolute Gasteiger partial charge is 0.370 e. The Balaban J connectivity index is 1.76. The lowest BCUT2D eigenvalue weighted by molar-refractivity contribution is -0.119. The highest BCUT2D eigenvalue weighted by Crippen LogP contribution is 2.27. The fourth-order valence-corrected chi connectivity index (χ4v) is 4.05. The van der Waals surface area contributed by atoms with E-state index in [-0.39, 0.29) is 17.8 Å². The Bertz CT molecular complexity index is 869. The summed E-state index contributed by atoms with van der Waals surface area (Å²) < 4.78 is 13.7. The average Bonchev–Trinajstić information content (AvgIpc) is 2.72. The summed E-state index contributed by atoms with van der Waals surface area (Å²) in [5, 5.41) is 9.08. The van der Waals surface area contributed by atoms with Gasteiger partial charge in [-0.05, 0) is 61.7 Å². The predicted octanol–water partition coefficient (Wildman–Crippen LogP) is 3.43.